The minimum absolute atomic E-state index is 0.168. The Hall–Kier alpha value is -0.810. The minimum atomic E-state index is -0.787. The molecule has 5 heteroatoms. The van der Waals surface area contributed by atoms with Crippen molar-refractivity contribution in [2.45, 2.75) is 31.1 Å². The fourth-order valence-corrected chi connectivity index (χ4v) is 1.43. The highest BCUT2D eigenvalue weighted by molar-refractivity contribution is 5.75. The van der Waals surface area contributed by atoms with E-state index in [4.69, 9.17) is 0 Å². The Morgan fingerprint density at radius 2 is 1.77 bits per heavy atom. The third-order valence-corrected chi connectivity index (χ3v) is 2.45. The van der Waals surface area contributed by atoms with E-state index in [2.05, 4.69) is 5.32 Å². The van der Waals surface area contributed by atoms with Crippen LogP contribution in [0.3, 0.4) is 0 Å². The van der Waals surface area contributed by atoms with Gasteiger partial charge in [-0.25, -0.2) is 4.79 Å². The summed E-state index contributed by atoms with van der Waals surface area (Å²) in [6, 6.07) is 0.153. The summed E-state index contributed by atoms with van der Waals surface area (Å²) >= 11 is 0. The normalized spacial score (nSPS) is 33.5. The lowest BCUT2D eigenvalue weighted by atomic mass is 10.3. The lowest BCUT2D eigenvalue weighted by Gasteiger charge is -2.15. The topological polar surface area (TPSA) is 72.8 Å². The summed E-state index contributed by atoms with van der Waals surface area (Å²) in [4.78, 5) is 12.8. The number of likely N-dealkylation sites (tertiary alicyclic amines) is 1. The number of urea groups is 1. The van der Waals surface area contributed by atoms with Crippen molar-refractivity contribution in [1.82, 2.24) is 10.2 Å². The van der Waals surface area contributed by atoms with Crippen LogP contribution in [0, 0.1) is 0 Å². The number of carbonyl (C=O) groups excluding carboxylic acids is 1. The van der Waals surface area contributed by atoms with E-state index in [1.54, 1.807) is 0 Å². The highest BCUT2D eigenvalue weighted by Gasteiger charge is 2.34. The molecule has 1 aliphatic heterocycles. The maximum absolute atomic E-state index is 11.4. The van der Waals surface area contributed by atoms with Gasteiger partial charge in [-0.3, -0.25) is 0 Å². The second-order valence-electron chi connectivity index (χ2n) is 3.76. The molecule has 0 bridgehead atoms. The Bertz CT molecular complexity index is 207. The van der Waals surface area contributed by atoms with E-state index >= 15 is 0 Å². The van der Waals surface area contributed by atoms with Crippen molar-refractivity contribution in [3.05, 3.63) is 0 Å². The van der Waals surface area contributed by atoms with Gasteiger partial charge in [0.2, 0.25) is 0 Å². The lowest BCUT2D eigenvalue weighted by molar-refractivity contribution is 0.0572. The fourth-order valence-electron chi connectivity index (χ4n) is 1.43. The second kappa shape index (κ2) is 3.16. The smallest absolute Gasteiger partial charge is 0.317 e. The zero-order chi connectivity index (χ0) is 9.42. The van der Waals surface area contributed by atoms with E-state index in [0.29, 0.717) is 6.04 Å². The van der Waals surface area contributed by atoms with Gasteiger partial charge in [-0.2, -0.15) is 0 Å². The molecule has 2 amide bonds. The first-order chi connectivity index (χ1) is 6.16. The molecule has 2 atom stereocenters. The van der Waals surface area contributed by atoms with Gasteiger partial charge in [-0.1, -0.05) is 0 Å². The van der Waals surface area contributed by atoms with E-state index in [1.807, 2.05) is 0 Å². The van der Waals surface area contributed by atoms with Crippen LogP contribution in [0.4, 0.5) is 4.79 Å². The summed E-state index contributed by atoms with van der Waals surface area (Å²) < 4.78 is 0. The van der Waals surface area contributed by atoms with Crippen molar-refractivity contribution in [3.63, 3.8) is 0 Å². The largest absolute Gasteiger partial charge is 0.388 e. The molecular formula is C8H14N2O3. The van der Waals surface area contributed by atoms with Crippen LogP contribution in [0.5, 0.6) is 0 Å². The first-order valence-corrected chi connectivity index (χ1v) is 4.58. The van der Waals surface area contributed by atoms with Crippen LogP contribution in [0.1, 0.15) is 12.8 Å². The van der Waals surface area contributed by atoms with Gasteiger partial charge in [0.1, 0.15) is 0 Å². The van der Waals surface area contributed by atoms with Gasteiger partial charge in [0.15, 0.2) is 0 Å². The first kappa shape index (κ1) is 8.77. The summed E-state index contributed by atoms with van der Waals surface area (Å²) in [6.45, 7) is 0.472. The molecule has 5 nitrogen and oxygen atoms in total. The Morgan fingerprint density at radius 1 is 1.23 bits per heavy atom. The average molecular weight is 186 g/mol. The highest BCUT2D eigenvalue weighted by Crippen LogP contribution is 2.19. The van der Waals surface area contributed by atoms with Gasteiger partial charge in [0.25, 0.3) is 0 Å². The molecule has 1 saturated carbocycles. The Morgan fingerprint density at radius 3 is 2.23 bits per heavy atom. The Balaban J connectivity index is 1.83. The van der Waals surface area contributed by atoms with Crippen LogP contribution in [-0.2, 0) is 0 Å². The van der Waals surface area contributed by atoms with Crippen molar-refractivity contribution in [1.29, 1.82) is 0 Å². The van der Waals surface area contributed by atoms with Crippen molar-refractivity contribution >= 4 is 6.03 Å². The zero-order valence-corrected chi connectivity index (χ0v) is 7.31. The summed E-state index contributed by atoms with van der Waals surface area (Å²) in [5.74, 6) is 0. The van der Waals surface area contributed by atoms with Crippen LogP contribution in [0.2, 0.25) is 0 Å². The maximum atomic E-state index is 11.4. The highest BCUT2D eigenvalue weighted by atomic mass is 16.3. The van der Waals surface area contributed by atoms with Gasteiger partial charge >= 0.3 is 6.03 Å². The van der Waals surface area contributed by atoms with Gasteiger partial charge in [-0.15, -0.1) is 0 Å². The van der Waals surface area contributed by atoms with Crippen molar-refractivity contribution in [2.75, 3.05) is 13.1 Å². The fraction of sp³-hybridized carbons (Fsp3) is 0.875. The summed E-state index contributed by atoms with van der Waals surface area (Å²) in [7, 11) is 0. The van der Waals surface area contributed by atoms with Crippen LogP contribution < -0.4 is 5.32 Å². The molecule has 2 fully saturated rings. The molecule has 2 aliphatic rings. The minimum Gasteiger partial charge on any atom is -0.388 e. The molecule has 1 heterocycles. The quantitative estimate of drug-likeness (QED) is 0.486. The number of amides is 2. The van der Waals surface area contributed by atoms with E-state index < -0.39 is 12.2 Å². The number of hydrogen-bond acceptors (Lipinski definition) is 3. The molecule has 2 rings (SSSR count). The maximum Gasteiger partial charge on any atom is 0.317 e. The molecule has 0 radical (unpaired) electrons. The van der Waals surface area contributed by atoms with Gasteiger partial charge in [-0.05, 0) is 12.8 Å². The molecule has 0 aromatic rings. The molecular weight excluding hydrogens is 172 g/mol. The van der Waals surface area contributed by atoms with Crippen molar-refractivity contribution < 1.29 is 15.0 Å². The Kier molecular flexibility index (Phi) is 2.13. The summed E-state index contributed by atoms with van der Waals surface area (Å²) in [5.41, 5.74) is 0. The Labute approximate surface area is 76.3 Å². The van der Waals surface area contributed by atoms with Crippen LogP contribution in [-0.4, -0.2) is 52.5 Å². The van der Waals surface area contributed by atoms with Crippen LogP contribution in [0.25, 0.3) is 0 Å². The van der Waals surface area contributed by atoms with Gasteiger partial charge < -0.3 is 20.4 Å². The molecule has 3 N–H and O–H groups in total. The average Bonchev–Trinajstić information content (AvgIpc) is 2.81. The number of rotatable bonds is 1. The molecule has 74 valence electrons. The van der Waals surface area contributed by atoms with Crippen LogP contribution >= 0.6 is 0 Å². The van der Waals surface area contributed by atoms with Gasteiger partial charge in [0, 0.05) is 6.04 Å². The zero-order valence-electron chi connectivity index (χ0n) is 7.31. The number of hydrogen-bond donors (Lipinski definition) is 3. The number of nitrogens with zero attached hydrogens (tertiary/aromatic N) is 1. The second-order valence-corrected chi connectivity index (χ2v) is 3.76. The first-order valence-electron chi connectivity index (χ1n) is 4.58. The molecule has 13 heavy (non-hydrogen) atoms. The number of aliphatic hydroxyl groups excluding tert-OH is 2. The van der Waals surface area contributed by atoms with Crippen LogP contribution in [0.15, 0.2) is 0 Å². The predicted octanol–water partition coefficient (Wildman–Crippen LogP) is -1.10. The van der Waals surface area contributed by atoms with E-state index in [9.17, 15) is 15.0 Å². The molecule has 0 aromatic heterocycles. The number of carbonyl (C=O) groups is 1. The van der Waals surface area contributed by atoms with E-state index in [1.165, 1.54) is 4.90 Å². The monoisotopic (exact) mass is 186 g/mol. The molecule has 0 aromatic carbocycles. The molecule has 1 saturated heterocycles. The standard InChI is InChI=1S/C8H14N2O3/c11-6-3-10(4-7(6)12)8(13)9-5-1-2-5/h5-7,11-12H,1-4H2,(H,9,13). The van der Waals surface area contributed by atoms with E-state index in [-0.39, 0.29) is 19.1 Å². The molecule has 1 aliphatic carbocycles. The lowest BCUT2D eigenvalue weighted by Crippen LogP contribution is -2.40. The summed E-state index contributed by atoms with van der Waals surface area (Å²) in [5, 5.41) is 21.2. The van der Waals surface area contributed by atoms with Crippen molar-refractivity contribution in [2.24, 2.45) is 0 Å². The predicted molar refractivity (Wildman–Crippen MR) is 45.1 cm³/mol. The van der Waals surface area contributed by atoms with Gasteiger partial charge in [0.05, 0.1) is 25.3 Å². The third-order valence-electron chi connectivity index (χ3n) is 2.45. The third kappa shape index (κ3) is 1.92. The molecule has 0 spiro atoms. The number of aliphatic hydroxyl groups is 2. The van der Waals surface area contributed by atoms with E-state index in [0.717, 1.165) is 12.8 Å². The number of nitrogens with one attached hydrogen (secondary N) is 1. The summed E-state index contributed by atoms with van der Waals surface area (Å²) in [6.07, 6.45) is 0.518. The molecule has 2 unspecified atom stereocenters. The van der Waals surface area contributed by atoms with Crippen molar-refractivity contribution in [3.8, 4) is 0 Å². The number of β-amino-alcohol motifs (C(OH)–C–C–N with tert-alkyl or cyclic N) is 2. The SMILES string of the molecule is O=C(NC1CC1)N1CC(O)C(O)C1.